The number of aryl methyl sites for hydroxylation is 2. The average Bonchev–Trinajstić information content (AvgIpc) is 2.96. The van der Waals surface area contributed by atoms with Crippen LogP contribution in [-0.4, -0.2) is 23.1 Å². The molecule has 0 aliphatic heterocycles. The van der Waals surface area contributed by atoms with Gasteiger partial charge in [0.2, 0.25) is 0 Å². The molecule has 0 aliphatic carbocycles. The van der Waals surface area contributed by atoms with E-state index in [1.807, 2.05) is 31.2 Å². The van der Waals surface area contributed by atoms with Crippen LogP contribution in [0.4, 0.5) is 13.2 Å². The van der Waals surface area contributed by atoms with Gasteiger partial charge in [-0.15, -0.1) is 0 Å². The number of benzene rings is 2. The Balaban J connectivity index is 1.78. The molecule has 142 valence electrons. The normalized spacial score (nSPS) is 11.7. The highest BCUT2D eigenvalue weighted by Crippen LogP contribution is 2.30. The Labute approximate surface area is 162 Å². The number of nitrogens with zero attached hydrogens (tertiary/aromatic N) is 1. The summed E-state index contributed by atoms with van der Waals surface area (Å²) < 4.78 is 46.8. The Morgan fingerprint density at radius 1 is 1.19 bits per heavy atom. The van der Waals surface area contributed by atoms with Crippen molar-refractivity contribution in [3.63, 3.8) is 0 Å². The van der Waals surface area contributed by atoms with Crippen LogP contribution in [0.5, 0.6) is 5.75 Å². The number of hydrogen-bond acceptors (Lipinski definition) is 2. The Morgan fingerprint density at radius 2 is 1.93 bits per heavy atom. The second-order valence-corrected chi connectivity index (χ2v) is 7.11. The first kappa shape index (κ1) is 19.5. The molecule has 0 aliphatic rings. The first-order chi connectivity index (χ1) is 12.8. The lowest BCUT2D eigenvalue weighted by Crippen LogP contribution is -2.22. The van der Waals surface area contributed by atoms with Gasteiger partial charge in [-0.05, 0) is 43.2 Å². The quantitative estimate of drug-likeness (QED) is 0.352. The molecule has 1 heterocycles. The van der Waals surface area contributed by atoms with E-state index in [1.54, 1.807) is 16.7 Å². The van der Waals surface area contributed by atoms with Gasteiger partial charge in [0.25, 0.3) is 5.78 Å². The van der Waals surface area contributed by atoms with Crippen molar-refractivity contribution in [1.82, 2.24) is 4.57 Å². The third-order valence-electron chi connectivity index (χ3n) is 4.24. The highest BCUT2D eigenvalue weighted by atomic mass is 79.9. The van der Waals surface area contributed by atoms with Gasteiger partial charge < -0.3 is 9.30 Å². The van der Waals surface area contributed by atoms with Crippen LogP contribution in [0.1, 0.15) is 22.3 Å². The molecule has 0 N–H and O–H groups in total. The minimum Gasteiger partial charge on any atom is -0.493 e. The number of rotatable bonds is 6. The summed E-state index contributed by atoms with van der Waals surface area (Å²) in [5, 5.41) is 0.284. The number of para-hydroxylation sites is 1. The van der Waals surface area contributed by atoms with Crippen molar-refractivity contribution in [3.8, 4) is 5.75 Å². The molecule has 0 radical (unpaired) electrons. The molecule has 27 heavy (non-hydrogen) atoms. The van der Waals surface area contributed by atoms with E-state index < -0.39 is 12.0 Å². The fourth-order valence-electron chi connectivity index (χ4n) is 2.92. The zero-order valence-electron chi connectivity index (χ0n) is 14.5. The zero-order chi connectivity index (χ0) is 19.6. The van der Waals surface area contributed by atoms with E-state index in [0.29, 0.717) is 29.6 Å². The Morgan fingerprint density at radius 3 is 2.63 bits per heavy atom. The molecule has 3 aromatic rings. The van der Waals surface area contributed by atoms with Crippen LogP contribution in [-0.2, 0) is 6.54 Å². The predicted molar refractivity (Wildman–Crippen MR) is 101 cm³/mol. The third-order valence-corrected chi connectivity index (χ3v) is 4.73. The highest BCUT2D eigenvalue weighted by molar-refractivity contribution is 9.10. The molecule has 0 bridgehead atoms. The number of carbonyl (C=O) groups excluding carboxylic acids is 1. The van der Waals surface area contributed by atoms with Crippen molar-refractivity contribution in [2.75, 3.05) is 6.61 Å². The summed E-state index contributed by atoms with van der Waals surface area (Å²) >= 11 is 3.25. The molecule has 0 saturated carbocycles. The first-order valence-corrected chi connectivity index (χ1v) is 9.15. The van der Waals surface area contributed by atoms with Gasteiger partial charge in [-0.25, -0.2) is 0 Å². The van der Waals surface area contributed by atoms with E-state index in [2.05, 4.69) is 15.9 Å². The van der Waals surface area contributed by atoms with Crippen LogP contribution in [0, 0.1) is 6.92 Å². The summed E-state index contributed by atoms with van der Waals surface area (Å²) in [6.07, 6.45) is -3.04. The molecule has 1 aromatic heterocycles. The second kappa shape index (κ2) is 7.76. The van der Waals surface area contributed by atoms with Crippen molar-refractivity contribution in [2.45, 2.75) is 26.1 Å². The SMILES string of the molecule is Cc1ccccc1OCCCn1cc(C(=O)C(F)(F)F)c2cc(Br)ccc21. The third kappa shape index (κ3) is 4.35. The number of hydrogen-bond donors (Lipinski definition) is 0. The van der Waals surface area contributed by atoms with E-state index in [-0.39, 0.29) is 10.9 Å². The Kier molecular flexibility index (Phi) is 5.60. The summed E-state index contributed by atoms with van der Waals surface area (Å²) in [5.74, 6) is -1.05. The van der Waals surface area contributed by atoms with Crippen molar-refractivity contribution in [2.24, 2.45) is 0 Å². The lowest BCUT2D eigenvalue weighted by molar-refractivity contribution is -0.0884. The fraction of sp³-hybridized carbons (Fsp3) is 0.250. The predicted octanol–water partition coefficient (Wildman–Crippen LogP) is 5.93. The Bertz CT molecular complexity index is 979. The molecule has 2 aromatic carbocycles. The maximum absolute atomic E-state index is 12.9. The van der Waals surface area contributed by atoms with Crippen LogP contribution < -0.4 is 4.74 Å². The number of alkyl halides is 3. The lowest BCUT2D eigenvalue weighted by Gasteiger charge is -2.10. The number of Topliss-reactive ketones (excluding diaryl/α,β-unsaturated/α-hetero) is 1. The van der Waals surface area contributed by atoms with Crippen LogP contribution in [0.15, 0.2) is 53.1 Å². The van der Waals surface area contributed by atoms with Crippen LogP contribution in [0.25, 0.3) is 10.9 Å². The average molecular weight is 440 g/mol. The van der Waals surface area contributed by atoms with Gasteiger partial charge in [0.05, 0.1) is 12.2 Å². The molecule has 0 amide bonds. The standard InChI is InChI=1S/C20H17BrF3NO2/c1-13-5-2-3-6-18(13)27-10-4-9-25-12-16(19(26)20(22,23)24)15-11-14(21)7-8-17(15)25/h2-3,5-8,11-12H,4,9-10H2,1H3. The van der Waals surface area contributed by atoms with Crippen molar-refractivity contribution < 1.29 is 22.7 Å². The maximum Gasteiger partial charge on any atom is 0.454 e. The molecular formula is C20H17BrF3NO2. The molecule has 3 nitrogen and oxygen atoms in total. The minimum atomic E-state index is -4.91. The number of ether oxygens (including phenoxy) is 1. The van der Waals surface area contributed by atoms with Gasteiger partial charge in [-0.2, -0.15) is 13.2 Å². The molecule has 0 fully saturated rings. The number of fused-ring (bicyclic) bond motifs is 1. The number of ketones is 1. The number of carbonyl (C=O) groups is 1. The van der Waals surface area contributed by atoms with Gasteiger partial charge in [-0.3, -0.25) is 4.79 Å². The van der Waals surface area contributed by atoms with E-state index >= 15 is 0 Å². The zero-order valence-corrected chi connectivity index (χ0v) is 16.1. The van der Waals surface area contributed by atoms with Crippen molar-refractivity contribution in [3.05, 3.63) is 64.3 Å². The molecule has 7 heteroatoms. The van der Waals surface area contributed by atoms with E-state index in [1.165, 1.54) is 12.3 Å². The maximum atomic E-state index is 12.9. The summed E-state index contributed by atoms with van der Waals surface area (Å²) in [6.45, 7) is 2.81. The van der Waals surface area contributed by atoms with Crippen LogP contribution in [0.2, 0.25) is 0 Å². The van der Waals surface area contributed by atoms with Gasteiger partial charge >= 0.3 is 6.18 Å². The lowest BCUT2D eigenvalue weighted by atomic mass is 10.1. The molecule has 3 rings (SSSR count). The monoisotopic (exact) mass is 439 g/mol. The van der Waals surface area contributed by atoms with Gasteiger partial charge in [-0.1, -0.05) is 34.1 Å². The van der Waals surface area contributed by atoms with Gasteiger partial charge in [0.15, 0.2) is 0 Å². The van der Waals surface area contributed by atoms with Gasteiger partial charge in [0, 0.05) is 28.1 Å². The smallest absolute Gasteiger partial charge is 0.454 e. The largest absolute Gasteiger partial charge is 0.493 e. The van der Waals surface area contributed by atoms with Crippen molar-refractivity contribution in [1.29, 1.82) is 0 Å². The minimum absolute atomic E-state index is 0.284. The highest BCUT2D eigenvalue weighted by Gasteiger charge is 2.40. The topological polar surface area (TPSA) is 31.2 Å². The molecule has 0 unspecified atom stereocenters. The fourth-order valence-corrected chi connectivity index (χ4v) is 3.28. The first-order valence-electron chi connectivity index (χ1n) is 8.35. The summed E-state index contributed by atoms with van der Waals surface area (Å²) in [7, 11) is 0. The van der Waals surface area contributed by atoms with Crippen LogP contribution in [0.3, 0.4) is 0 Å². The molecule has 0 spiro atoms. The van der Waals surface area contributed by atoms with E-state index in [4.69, 9.17) is 4.74 Å². The van der Waals surface area contributed by atoms with E-state index in [9.17, 15) is 18.0 Å². The number of aromatic nitrogens is 1. The number of halogens is 4. The summed E-state index contributed by atoms with van der Waals surface area (Å²) in [4.78, 5) is 11.8. The van der Waals surface area contributed by atoms with Crippen molar-refractivity contribution >= 4 is 32.6 Å². The Hall–Kier alpha value is -2.28. The summed E-state index contributed by atoms with van der Waals surface area (Å²) in [5.41, 5.74) is 1.27. The molecular weight excluding hydrogens is 423 g/mol. The van der Waals surface area contributed by atoms with Gasteiger partial charge in [0.1, 0.15) is 5.75 Å². The van der Waals surface area contributed by atoms with E-state index in [0.717, 1.165) is 11.3 Å². The second-order valence-electron chi connectivity index (χ2n) is 6.19. The molecule has 0 saturated heterocycles. The molecule has 0 atom stereocenters. The van der Waals surface area contributed by atoms with Crippen LogP contribution >= 0.6 is 15.9 Å². The summed E-state index contributed by atoms with van der Waals surface area (Å²) in [6, 6.07) is 12.6.